The number of imidazole rings is 1. The van der Waals surface area contributed by atoms with E-state index in [2.05, 4.69) is 31.1 Å². The van der Waals surface area contributed by atoms with Crippen LogP contribution in [-0.2, 0) is 6.54 Å². The van der Waals surface area contributed by atoms with Crippen LogP contribution in [-0.4, -0.2) is 15.4 Å². The van der Waals surface area contributed by atoms with Gasteiger partial charge in [0.05, 0.1) is 10.7 Å². The number of fused-ring (bicyclic) bond motifs is 1. The maximum Gasteiger partial charge on any atom is 0.137 e. The van der Waals surface area contributed by atoms with Gasteiger partial charge in [-0.2, -0.15) is 0 Å². The first kappa shape index (κ1) is 14.4. The highest BCUT2D eigenvalue weighted by atomic mass is 35.5. The zero-order valence-electron chi connectivity index (χ0n) is 11.9. The largest absolute Gasteiger partial charge is 0.309 e. The van der Waals surface area contributed by atoms with E-state index in [1.807, 2.05) is 28.9 Å². The number of nitrogens with one attached hydrogen (secondary N) is 1. The summed E-state index contributed by atoms with van der Waals surface area (Å²) in [5, 5.41) is 4.25. The molecule has 19 heavy (non-hydrogen) atoms. The van der Waals surface area contributed by atoms with Gasteiger partial charge in [0.2, 0.25) is 0 Å². The lowest BCUT2D eigenvalue weighted by Crippen LogP contribution is -2.25. The van der Waals surface area contributed by atoms with Gasteiger partial charge in [0.15, 0.2) is 0 Å². The fraction of sp³-hybridized carbons (Fsp3) is 0.533. The van der Waals surface area contributed by atoms with Crippen LogP contribution in [0.4, 0.5) is 0 Å². The first-order chi connectivity index (χ1) is 9.04. The summed E-state index contributed by atoms with van der Waals surface area (Å²) in [4.78, 5) is 4.56. The van der Waals surface area contributed by atoms with Crippen molar-refractivity contribution in [1.82, 2.24) is 14.7 Å². The SMILES string of the molecule is CC(C)CCC(C)NCc1cn2cc(Cl)ccc2n1. The fourth-order valence-electron chi connectivity index (χ4n) is 2.07. The topological polar surface area (TPSA) is 29.3 Å². The van der Waals surface area contributed by atoms with Crippen molar-refractivity contribution in [2.45, 2.75) is 46.2 Å². The normalized spacial score (nSPS) is 13.3. The molecule has 4 heteroatoms. The molecule has 0 amide bonds. The standard InChI is InChI=1S/C15H22ClN3/c1-11(2)4-5-12(3)17-8-14-10-19-9-13(16)6-7-15(19)18-14/h6-7,9-12,17H,4-5,8H2,1-3H3. The van der Waals surface area contributed by atoms with E-state index >= 15 is 0 Å². The first-order valence-electron chi connectivity index (χ1n) is 6.91. The molecule has 0 aliphatic rings. The summed E-state index contributed by atoms with van der Waals surface area (Å²) in [5.41, 5.74) is 2.00. The van der Waals surface area contributed by atoms with E-state index in [0.29, 0.717) is 6.04 Å². The van der Waals surface area contributed by atoms with Crippen LogP contribution in [0.5, 0.6) is 0 Å². The monoisotopic (exact) mass is 279 g/mol. The minimum Gasteiger partial charge on any atom is -0.309 e. The molecule has 104 valence electrons. The molecule has 2 aromatic heterocycles. The Hall–Kier alpha value is -1.06. The molecule has 3 nitrogen and oxygen atoms in total. The first-order valence-corrected chi connectivity index (χ1v) is 7.29. The van der Waals surface area contributed by atoms with Crippen LogP contribution in [0.15, 0.2) is 24.5 Å². The molecule has 2 aromatic rings. The summed E-state index contributed by atoms with van der Waals surface area (Å²) < 4.78 is 1.97. The van der Waals surface area contributed by atoms with Gasteiger partial charge in [0.25, 0.3) is 0 Å². The maximum atomic E-state index is 5.96. The molecular weight excluding hydrogens is 258 g/mol. The maximum absolute atomic E-state index is 5.96. The zero-order chi connectivity index (χ0) is 13.8. The second-order valence-electron chi connectivity index (χ2n) is 5.60. The van der Waals surface area contributed by atoms with Crippen LogP contribution >= 0.6 is 11.6 Å². The highest BCUT2D eigenvalue weighted by Gasteiger charge is 2.06. The average molecular weight is 280 g/mol. The van der Waals surface area contributed by atoms with Gasteiger partial charge in [-0.25, -0.2) is 4.98 Å². The van der Waals surface area contributed by atoms with Crippen LogP contribution in [0, 0.1) is 5.92 Å². The van der Waals surface area contributed by atoms with Crippen molar-refractivity contribution < 1.29 is 0 Å². The molecule has 0 saturated heterocycles. The lowest BCUT2D eigenvalue weighted by molar-refractivity contribution is 0.449. The van der Waals surface area contributed by atoms with Crippen LogP contribution in [0.2, 0.25) is 5.02 Å². The van der Waals surface area contributed by atoms with Crippen LogP contribution in [0.1, 0.15) is 39.3 Å². The molecule has 0 aromatic carbocycles. The zero-order valence-corrected chi connectivity index (χ0v) is 12.6. The Morgan fingerprint density at radius 2 is 2.00 bits per heavy atom. The van der Waals surface area contributed by atoms with Gasteiger partial charge >= 0.3 is 0 Å². The van der Waals surface area contributed by atoms with Crippen molar-refractivity contribution >= 4 is 17.2 Å². The van der Waals surface area contributed by atoms with Gasteiger partial charge in [0.1, 0.15) is 5.65 Å². The number of rotatable bonds is 6. The average Bonchev–Trinajstić information content (AvgIpc) is 2.75. The molecule has 2 rings (SSSR count). The Bertz CT molecular complexity index is 533. The second kappa shape index (κ2) is 6.40. The molecule has 1 unspecified atom stereocenters. The Labute approximate surface area is 120 Å². The third-order valence-corrected chi connectivity index (χ3v) is 3.50. The van der Waals surface area contributed by atoms with Gasteiger partial charge < -0.3 is 9.72 Å². The van der Waals surface area contributed by atoms with Crippen LogP contribution in [0.3, 0.4) is 0 Å². The lowest BCUT2D eigenvalue weighted by Gasteiger charge is -2.13. The molecule has 1 N–H and O–H groups in total. The number of hydrogen-bond donors (Lipinski definition) is 1. The van der Waals surface area contributed by atoms with Crippen molar-refractivity contribution in [3.8, 4) is 0 Å². The molecule has 0 fully saturated rings. The van der Waals surface area contributed by atoms with E-state index in [4.69, 9.17) is 11.6 Å². The number of aromatic nitrogens is 2. The Kier molecular flexibility index (Phi) is 4.83. The second-order valence-corrected chi connectivity index (χ2v) is 6.03. The summed E-state index contributed by atoms with van der Waals surface area (Å²) in [6.45, 7) is 7.56. The van der Waals surface area contributed by atoms with Gasteiger partial charge in [-0.3, -0.25) is 0 Å². The minimum absolute atomic E-state index is 0.524. The summed E-state index contributed by atoms with van der Waals surface area (Å²) in [5.74, 6) is 0.765. The molecular formula is C15H22ClN3. The smallest absolute Gasteiger partial charge is 0.137 e. The number of halogens is 1. The van der Waals surface area contributed by atoms with Gasteiger partial charge in [0, 0.05) is 25.0 Å². The van der Waals surface area contributed by atoms with E-state index in [9.17, 15) is 0 Å². The summed E-state index contributed by atoms with van der Waals surface area (Å²) in [6.07, 6.45) is 6.38. The van der Waals surface area contributed by atoms with Crippen molar-refractivity contribution in [3.05, 3.63) is 35.2 Å². The molecule has 0 saturated carbocycles. The third kappa shape index (κ3) is 4.22. The van der Waals surface area contributed by atoms with Crippen LogP contribution in [0.25, 0.3) is 5.65 Å². The van der Waals surface area contributed by atoms with E-state index < -0.39 is 0 Å². The Morgan fingerprint density at radius 3 is 2.74 bits per heavy atom. The highest BCUT2D eigenvalue weighted by Crippen LogP contribution is 2.12. The Morgan fingerprint density at radius 1 is 1.21 bits per heavy atom. The lowest BCUT2D eigenvalue weighted by atomic mass is 10.0. The summed E-state index contributed by atoms with van der Waals surface area (Å²) in [6, 6.07) is 4.33. The van der Waals surface area contributed by atoms with Crippen molar-refractivity contribution in [3.63, 3.8) is 0 Å². The van der Waals surface area contributed by atoms with E-state index in [1.165, 1.54) is 12.8 Å². The Balaban J connectivity index is 1.90. The third-order valence-electron chi connectivity index (χ3n) is 3.27. The van der Waals surface area contributed by atoms with Gasteiger partial charge in [-0.1, -0.05) is 25.4 Å². The van der Waals surface area contributed by atoms with E-state index in [-0.39, 0.29) is 0 Å². The van der Waals surface area contributed by atoms with Gasteiger partial charge in [-0.15, -0.1) is 0 Å². The predicted molar refractivity (Wildman–Crippen MR) is 80.6 cm³/mol. The van der Waals surface area contributed by atoms with Crippen molar-refractivity contribution in [1.29, 1.82) is 0 Å². The van der Waals surface area contributed by atoms with E-state index in [0.717, 1.165) is 28.8 Å². The van der Waals surface area contributed by atoms with Gasteiger partial charge in [-0.05, 0) is 37.8 Å². The number of hydrogen-bond acceptors (Lipinski definition) is 2. The van der Waals surface area contributed by atoms with Crippen molar-refractivity contribution in [2.75, 3.05) is 0 Å². The fourth-order valence-corrected chi connectivity index (χ4v) is 2.23. The quantitative estimate of drug-likeness (QED) is 0.869. The number of pyridine rings is 1. The molecule has 0 aliphatic carbocycles. The summed E-state index contributed by atoms with van der Waals surface area (Å²) >= 11 is 5.96. The minimum atomic E-state index is 0.524. The van der Waals surface area contributed by atoms with E-state index in [1.54, 1.807) is 0 Å². The van der Waals surface area contributed by atoms with Crippen molar-refractivity contribution in [2.24, 2.45) is 5.92 Å². The summed E-state index contributed by atoms with van der Waals surface area (Å²) in [7, 11) is 0. The highest BCUT2D eigenvalue weighted by molar-refractivity contribution is 6.30. The van der Waals surface area contributed by atoms with Crippen LogP contribution < -0.4 is 5.32 Å². The molecule has 0 bridgehead atoms. The molecule has 0 spiro atoms. The molecule has 0 radical (unpaired) electrons. The molecule has 1 atom stereocenters. The molecule has 0 aliphatic heterocycles. The number of nitrogens with zero attached hydrogens (tertiary/aromatic N) is 2. The predicted octanol–water partition coefficient (Wildman–Crippen LogP) is 3.90. The molecule has 2 heterocycles.